The topological polar surface area (TPSA) is 107 Å². The molecule has 1 aliphatic carbocycles. The molecule has 1 atom stereocenters. The third-order valence-corrected chi connectivity index (χ3v) is 7.76. The van der Waals surface area contributed by atoms with Gasteiger partial charge in [0.2, 0.25) is 0 Å². The number of hydrogen-bond acceptors (Lipinski definition) is 8. The van der Waals surface area contributed by atoms with Crippen LogP contribution in [0.5, 0.6) is 0 Å². The van der Waals surface area contributed by atoms with Crippen molar-refractivity contribution in [1.82, 2.24) is 39.5 Å². The average molecular weight is 544 g/mol. The predicted octanol–water partition coefficient (Wildman–Crippen LogP) is 4.44. The molecular formula is C29H37N9O2. The molecule has 11 heteroatoms. The van der Waals surface area contributed by atoms with Crippen LogP contribution in [-0.4, -0.2) is 76.8 Å². The minimum Gasteiger partial charge on any atom is -0.444 e. The van der Waals surface area contributed by atoms with Gasteiger partial charge in [-0.25, -0.2) is 14.5 Å². The van der Waals surface area contributed by atoms with Crippen molar-refractivity contribution in [2.24, 2.45) is 5.92 Å². The Kier molecular flexibility index (Phi) is 7.12. The number of carbonyl (C=O) groups is 1. The Labute approximate surface area is 234 Å². The van der Waals surface area contributed by atoms with E-state index >= 15 is 0 Å². The molecule has 11 nitrogen and oxygen atoms in total. The molecule has 2 aliphatic rings. The number of carbonyl (C=O) groups excluding carboxylic acids is 1. The molecular weight excluding hydrogens is 506 g/mol. The van der Waals surface area contributed by atoms with Crippen LogP contribution >= 0.6 is 0 Å². The van der Waals surface area contributed by atoms with Crippen molar-refractivity contribution < 1.29 is 9.53 Å². The summed E-state index contributed by atoms with van der Waals surface area (Å²) in [6.45, 7) is 8.65. The summed E-state index contributed by atoms with van der Waals surface area (Å²) < 4.78 is 9.54. The van der Waals surface area contributed by atoms with Crippen LogP contribution in [0.1, 0.15) is 58.6 Å². The quantitative estimate of drug-likeness (QED) is 0.337. The lowest BCUT2D eigenvalue weighted by atomic mass is 9.84. The molecule has 5 heterocycles. The summed E-state index contributed by atoms with van der Waals surface area (Å²) in [5, 5.41) is 17.7. The van der Waals surface area contributed by atoms with Gasteiger partial charge in [-0.15, -0.1) is 10.2 Å². The molecule has 2 fully saturated rings. The molecule has 1 amide bonds. The molecule has 1 aliphatic heterocycles. The van der Waals surface area contributed by atoms with Gasteiger partial charge in [-0.1, -0.05) is 11.6 Å². The van der Waals surface area contributed by atoms with E-state index in [-0.39, 0.29) is 12.1 Å². The zero-order valence-corrected chi connectivity index (χ0v) is 23.5. The number of piperidine rings is 1. The minimum absolute atomic E-state index is 0.0967. The zero-order chi connectivity index (χ0) is 27.7. The smallest absolute Gasteiger partial charge is 0.410 e. The first-order chi connectivity index (χ1) is 19.3. The maximum atomic E-state index is 13.2. The first-order valence-electron chi connectivity index (χ1n) is 14.2. The van der Waals surface area contributed by atoms with Crippen LogP contribution in [0.3, 0.4) is 0 Å². The summed E-state index contributed by atoms with van der Waals surface area (Å²) >= 11 is 0. The Bertz CT molecular complexity index is 1450. The molecule has 1 saturated carbocycles. The lowest BCUT2D eigenvalue weighted by molar-refractivity contribution is 0.00733. The molecule has 0 bridgehead atoms. The predicted molar refractivity (Wildman–Crippen MR) is 151 cm³/mol. The third kappa shape index (κ3) is 5.78. The van der Waals surface area contributed by atoms with Crippen molar-refractivity contribution in [2.45, 2.75) is 71.1 Å². The lowest BCUT2D eigenvalue weighted by Gasteiger charge is -2.42. The van der Waals surface area contributed by atoms with Crippen LogP contribution in [0, 0.1) is 5.92 Å². The SMILES string of the molecule is CC(C)(C)OC(=O)N(CC1CCC1)[C@@H]1CCCN(c2ccc(Cn3cc(-c4cccn5cncc45)nn3)nn2)C1. The van der Waals surface area contributed by atoms with Gasteiger partial charge in [0.15, 0.2) is 5.82 Å². The van der Waals surface area contributed by atoms with E-state index in [0.29, 0.717) is 12.5 Å². The normalized spacial score (nSPS) is 18.1. The van der Waals surface area contributed by atoms with E-state index in [2.05, 4.69) is 30.4 Å². The largest absolute Gasteiger partial charge is 0.444 e. The summed E-state index contributed by atoms with van der Waals surface area (Å²) in [7, 11) is 0. The highest BCUT2D eigenvalue weighted by Gasteiger charge is 2.34. The molecule has 210 valence electrons. The van der Waals surface area contributed by atoms with E-state index in [0.717, 1.165) is 60.8 Å². The first kappa shape index (κ1) is 26.2. The van der Waals surface area contributed by atoms with Crippen molar-refractivity contribution in [2.75, 3.05) is 24.5 Å². The molecule has 0 N–H and O–H groups in total. The third-order valence-electron chi connectivity index (χ3n) is 7.76. The van der Waals surface area contributed by atoms with Crippen LogP contribution < -0.4 is 4.90 Å². The van der Waals surface area contributed by atoms with Crippen LogP contribution in [0.15, 0.2) is 49.2 Å². The number of hydrogen-bond donors (Lipinski definition) is 0. The van der Waals surface area contributed by atoms with Gasteiger partial charge >= 0.3 is 6.09 Å². The second-order valence-corrected chi connectivity index (χ2v) is 12.0. The fourth-order valence-corrected chi connectivity index (χ4v) is 5.50. The second-order valence-electron chi connectivity index (χ2n) is 12.0. The summed E-state index contributed by atoms with van der Waals surface area (Å²) in [4.78, 5) is 21.6. The number of anilines is 1. The van der Waals surface area contributed by atoms with E-state index in [9.17, 15) is 4.79 Å². The number of pyridine rings is 1. The molecule has 0 aromatic carbocycles. The fourth-order valence-electron chi connectivity index (χ4n) is 5.50. The van der Waals surface area contributed by atoms with Crippen molar-refractivity contribution >= 4 is 17.4 Å². The zero-order valence-electron chi connectivity index (χ0n) is 23.5. The molecule has 4 aromatic rings. The number of nitrogens with zero attached hydrogens (tertiary/aromatic N) is 9. The first-order valence-corrected chi connectivity index (χ1v) is 14.2. The van der Waals surface area contributed by atoms with Gasteiger partial charge in [0.1, 0.15) is 11.3 Å². The summed E-state index contributed by atoms with van der Waals surface area (Å²) in [6.07, 6.45) is 12.9. The number of rotatable bonds is 7. The Balaban J connectivity index is 1.12. The molecule has 6 rings (SSSR count). The summed E-state index contributed by atoms with van der Waals surface area (Å²) in [5.74, 6) is 1.40. The number of imidazole rings is 1. The van der Waals surface area contributed by atoms with Gasteiger partial charge < -0.3 is 18.9 Å². The lowest BCUT2D eigenvalue weighted by Crippen LogP contribution is -2.53. The molecule has 0 spiro atoms. The van der Waals surface area contributed by atoms with E-state index in [1.54, 1.807) is 11.0 Å². The maximum absolute atomic E-state index is 13.2. The highest BCUT2D eigenvalue weighted by Crippen LogP contribution is 2.30. The van der Waals surface area contributed by atoms with Gasteiger partial charge in [0, 0.05) is 31.4 Å². The fraction of sp³-hybridized carbons (Fsp3) is 0.517. The van der Waals surface area contributed by atoms with Crippen molar-refractivity contribution in [1.29, 1.82) is 0 Å². The number of amides is 1. The standard InChI is InChI=1S/C29H37N9O2/c1-29(2,3)40-28(39)38(16-21-7-4-8-21)23-9-5-13-35(18-23)27-12-11-22(31-33-27)17-37-19-25(32-34-37)24-10-6-14-36-20-30-15-26(24)36/h6,10-12,14-15,19-21,23H,4-5,7-9,13,16-18H2,1-3H3/t23-/m1/s1. The second kappa shape index (κ2) is 10.9. The number of ether oxygens (including phenoxy) is 1. The van der Waals surface area contributed by atoms with Gasteiger partial charge in [-0.05, 0) is 76.6 Å². The number of fused-ring (bicyclic) bond motifs is 1. The van der Waals surface area contributed by atoms with Crippen LogP contribution in [-0.2, 0) is 11.3 Å². The van der Waals surface area contributed by atoms with E-state index in [1.807, 2.05) is 72.9 Å². The van der Waals surface area contributed by atoms with E-state index < -0.39 is 5.60 Å². The van der Waals surface area contributed by atoms with Crippen molar-refractivity contribution in [3.05, 3.63) is 54.9 Å². The number of aromatic nitrogens is 7. The Morgan fingerprint density at radius 3 is 2.73 bits per heavy atom. The minimum atomic E-state index is -0.511. The van der Waals surface area contributed by atoms with Crippen LogP contribution in [0.4, 0.5) is 10.6 Å². The van der Waals surface area contributed by atoms with Crippen LogP contribution in [0.2, 0.25) is 0 Å². The maximum Gasteiger partial charge on any atom is 0.410 e. The molecule has 40 heavy (non-hydrogen) atoms. The highest BCUT2D eigenvalue weighted by molar-refractivity contribution is 5.76. The van der Waals surface area contributed by atoms with Gasteiger partial charge in [-0.2, -0.15) is 5.10 Å². The molecule has 1 saturated heterocycles. The van der Waals surface area contributed by atoms with Gasteiger partial charge in [0.05, 0.1) is 42.5 Å². The Hall–Kier alpha value is -4.02. The Morgan fingerprint density at radius 2 is 1.98 bits per heavy atom. The van der Waals surface area contributed by atoms with Gasteiger partial charge in [-0.3, -0.25) is 0 Å². The average Bonchev–Trinajstić information content (AvgIpc) is 3.57. The molecule has 4 aromatic heterocycles. The monoisotopic (exact) mass is 543 g/mol. The van der Waals surface area contributed by atoms with Crippen LogP contribution in [0.25, 0.3) is 16.8 Å². The molecule has 0 unspecified atom stereocenters. The van der Waals surface area contributed by atoms with Crippen molar-refractivity contribution in [3.63, 3.8) is 0 Å². The van der Waals surface area contributed by atoms with E-state index in [1.165, 1.54) is 19.3 Å². The highest BCUT2D eigenvalue weighted by atomic mass is 16.6. The van der Waals surface area contributed by atoms with E-state index in [4.69, 9.17) is 4.74 Å². The summed E-state index contributed by atoms with van der Waals surface area (Å²) in [6, 6.07) is 8.09. The summed E-state index contributed by atoms with van der Waals surface area (Å²) in [5.41, 5.74) is 3.03. The Morgan fingerprint density at radius 1 is 1.10 bits per heavy atom. The van der Waals surface area contributed by atoms with Gasteiger partial charge in [0.25, 0.3) is 0 Å². The van der Waals surface area contributed by atoms with Crippen molar-refractivity contribution in [3.8, 4) is 11.3 Å². The molecule has 0 radical (unpaired) electrons.